The number of hydrogen-bond acceptors (Lipinski definition) is 5. The molecule has 2 aromatic carbocycles. The number of hydrogen-bond donors (Lipinski definition) is 1. The van der Waals surface area contributed by atoms with Crippen molar-refractivity contribution in [2.75, 3.05) is 11.9 Å². The van der Waals surface area contributed by atoms with Crippen molar-refractivity contribution in [3.05, 3.63) is 81.7 Å². The van der Waals surface area contributed by atoms with E-state index >= 15 is 0 Å². The van der Waals surface area contributed by atoms with Crippen molar-refractivity contribution in [1.82, 2.24) is 4.98 Å². The maximum atomic E-state index is 13.7. The second kappa shape index (κ2) is 10.2. The number of nitrogens with zero attached hydrogens (tertiary/aromatic N) is 1. The van der Waals surface area contributed by atoms with Crippen molar-refractivity contribution < 1.29 is 14.3 Å². The molecule has 1 amide bonds. The summed E-state index contributed by atoms with van der Waals surface area (Å²) >= 11 is 1.51. The summed E-state index contributed by atoms with van der Waals surface area (Å²) in [4.78, 5) is 32.8. The van der Waals surface area contributed by atoms with Crippen LogP contribution in [0, 0.1) is 12.8 Å². The van der Waals surface area contributed by atoms with Crippen molar-refractivity contribution in [3.63, 3.8) is 0 Å². The lowest BCUT2D eigenvalue weighted by Crippen LogP contribution is -2.17. The summed E-state index contributed by atoms with van der Waals surface area (Å²) in [5, 5.41) is 4.44. The van der Waals surface area contributed by atoms with Crippen molar-refractivity contribution >= 4 is 39.1 Å². The summed E-state index contributed by atoms with van der Waals surface area (Å²) in [6.07, 6.45) is 3.52. The lowest BCUT2D eigenvalue weighted by molar-refractivity contribution is 0.0505. The van der Waals surface area contributed by atoms with Crippen molar-refractivity contribution in [1.29, 1.82) is 0 Å². The number of aromatic nitrogens is 1. The number of anilines is 1. The summed E-state index contributed by atoms with van der Waals surface area (Å²) in [7, 11) is 0. The summed E-state index contributed by atoms with van der Waals surface area (Å²) in [5.74, 6) is -0.0438. The molecule has 1 unspecified atom stereocenters. The number of para-hydroxylation sites is 1. The van der Waals surface area contributed by atoms with E-state index in [9.17, 15) is 9.59 Å². The average Bonchev–Trinajstić information content (AvgIpc) is 3.23. The van der Waals surface area contributed by atoms with Gasteiger partial charge in [-0.1, -0.05) is 61.9 Å². The number of thiophene rings is 1. The fraction of sp³-hybridized carbons (Fsp3) is 0.300. The minimum atomic E-state index is -0.348. The van der Waals surface area contributed by atoms with Gasteiger partial charge < -0.3 is 10.1 Å². The first kappa shape index (κ1) is 24.2. The van der Waals surface area contributed by atoms with Crippen LogP contribution in [0.25, 0.3) is 22.2 Å². The highest BCUT2D eigenvalue weighted by Gasteiger charge is 2.29. The standard InChI is InChI=1S/C30H30N2O3S/c1-4-15-35-30(34)27-22-14-11-19(3)16-26(22)36-29(27)32-28(33)23-17-25(20-12-9-18(2)10-13-20)31-24-8-6-5-7-21(23)24/h5-10,12-13,17,19H,4,11,14-16H2,1-3H3,(H,32,33). The zero-order valence-electron chi connectivity index (χ0n) is 20.9. The van der Waals surface area contributed by atoms with Crippen LogP contribution in [-0.4, -0.2) is 23.5 Å². The van der Waals surface area contributed by atoms with Crippen LogP contribution in [0.3, 0.4) is 0 Å². The van der Waals surface area contributed by atoms with Crippen LogP contribution in [0.15, 0.2) is 54.6 Å². The lowest BCUT2D eigenvalue weighted by Gasteiger charge is -2.18. The number of nitrogens with one attached hydrogen (secondary N) is 1. The van der Waals surface area contributed by atoms with Gasteiger partial charge in [0.1, 0.15) is 5.00 Å². The van der Waals surface area contributed by atoms with E-state index in [1.807, 2.05) is 68.4 Å². The molecule has 5 nitrogen and oxygen atoms in total. The number of benzene rings is 2. The van der Waals surface area contributed by atoms with E-state index in [4.69, 9.17) is 9.72 Å². The Morgan fingerprint density at radius 1 is 1.14 bits per heavy atom. The molecule has 1 atom stereocenters. The van der Waals surface area contributed by atoms with Gasteiger partial charge in [-0.15, -0.1) is 11.3 Å². The van der Waals surface area contributed by atoms with E-state index in [1.165, 1.54) is 16.2 Å². The van der Waals surface area contributed by atoms with E-state index < -0.39 is 0 Å². The molecule has 0 radical (unpaired) electrons. The average molecular weight is 499 g/mol. The SMILES string of the molecule is CCCOC(=O)c1c(NC(=O)c2cc(-c3ccc(C)cc3)nc3ccccc23)sc2c1CCC(C)C2. The number of esters is 1. The number of rotatable bonds is 6. The van der Waals surface area contributed by atoms with E-state index in [-0.39, 0.29) is 11.9 Å². The molecule has 0 aliphatic heterocycles. The highest BCUT2D eigenvalue weighted by Crippen LogP contribution is 2.40. The highest BCUT2D eigenvalue weighted by molar-refractivity contribution is 7.17. The third-order valence-corrected chi connectivity index (χ3v) is 7.86. The van der Waals surface area contributed by atoms with E-state index in [0.717, 1.165) is 59.0 Å². The first-order chi connectivity index (χ1) is 17.4. The van der Waals surface area contributed by atoms with Crippen LogP contribution in [0.2, 0.25) is 0 Å². The first-order valence-electron chi connectivity index (χ1n) is 12.5. The second-order valence-corrected chi connectivity index (χ2v) is 10.7. The minimum Gasteiger partial charge on any atom is -0.462 e. The van der Waals surface area contributed by atoms with Gasteiger partial charge in [-0.25, -0.2) is 9.78 Å². The van der Waals surface area contributed by atoms with Crippen molar-refractivity contribution in [2.45, 2.75) is 46.5 Å². The summed E-state index contributed by atoms with van der Waals surface area (Å²) in [6, 6.07) is 17.6. The van der Waals surface area contributed by atoms with Gasteiger partial charge in [0, 0.05) is 15.8 Å². The molecule has 1 aliphatic rings. The Bertz CT molecular complexity index is 1440. The number of ether oxygens (including phenoxy) is 1. The molecular formula is C30H30N2O3S. The predicted molar refractivity (Wildman–Crippen MR) is 146 cm³/mol. The Kier molecular flexibility index (Phi) is 6.88. The fourth-order valence-corrected chi connectivity index (χ4v) is 6.12. The molecule has 0 saturated carbocycles. The molecule has 2 aromatic heterocycles. The maximum Gasteiger partial charge on any atom is 0.341 e. The molecule has 4 aromatic rings. The van der Waals surface area contributed by atoms with Crippen LogP contribution in [0.5, 0.6) is 0 Å². The zero-order valence-corrected chi connectivity index (χ0v) is 21.7. The highest BCUT2D eigenvalue weighted by atomic mass is 32.1. The lowest BCUT2D eigenvalue weighted by atomic mass is 9.88. The number of carbonyl (C=O) groups is 2. The third kappa shape index (κ3) is 4.78. The number of fused-ring (bicyclic) bond motifs is 2. The number of pyridine rings is 1. The fourth-order valence-electron chi connectivity index (χ4n) is 4.73. The van der Waals surface area contributed by atoms with Crippen LogP contribution in [0.1, 0.15) is 63.4 Å². The van der Waals surface area contributed by atoms with Crippen LogP contribution in [0.4, 0.5) is 5.00 Å². The number of aryl methyl sites for hydroxylation is 1. The summed E-state index contributed by atoms with van der Waals surface area (Å²) < 4.78 is 5.52. The molecule has 184 valence electrons. The Labute approximate surface area is 215 Å². The van der Waals surface area contributed by atoms with Crippen LogP contribution in [-0.2, 0) is 17.6 Å². The summed E-state index contributed by atoms with van der Waals surface area (Å²) in [5.41, 5.74) is 5.70. The van der Waals surface area contributed by atoms with Crippen LogP contribution >= 0.6 is 11.3 Å². The van der Waals surface area contributed by atoms with E-state index in [0.29, 0.717) is 28.7 Å². The minimum absolute atomic E-state index is 0.252. The van der Waals surface area contributed by atoms with Gasteiger partial charge in [0.05, 0.1) is 28.9 Å². The Morgan fingerprint density at radius 2 is 1.92 bits per heavy atom. The molecule has 5 rings (SSSR count). The molecule has 0 spiro atoms. The van der Waals surface area contributed by atoms with Gasteiger partial charge in [0.25, 0.3) is 5.91 Å². The van der Waals surface area contributed by atoms with Gasteiger partial charge in [0.15, 0.2) is 0 Å². The Balaban J connectivity index is 1.56. The monoisotopic (exact) mass is 498 g/mol. The topological polar surface area (TPSA) is 68.3 Å². The molecule has 2 heterocycles. The maximum absolute atomic E-state index is 13.7. The molecule has 0 bridgehead atoms. The Hall–Kier alpha value is -3.51. The summed E-state index contributed by atoms with van der Waals surface area (Å²) in [6.45, 7) is 6.61. The van der Waals surface area contributed by atoms with Gasteiger partial charge in [-0.3, -0.25) is 4.79 Å². The van der Waals surface area contributed by atoms with E-state index in [1.54, 1.807) is 0 Å². The molecular weight excluding hydrogens is 468 g/mol. The zero-order chi connectivity index (χ0) is 25.2. The number of carbonyl (C=O) groups excluding carboxylic acids is 2. The second-order valence-electron chi connectivity index (χ2n) is 9.58. The molecule has 1 aliphatic carbocycles. The smallest absolute Gasteiger partial charge is 0.341 e. The largest absolute Gasteiger partial charge is 0.462 e. The van der Waals surface area contributed by atoms with Crippen molar-refractivity contribution in [2.24, 2.45) is 5.92 Å². The molecule has 6 heteroatoms. The van der Waals surface area contributed by atoms with E-state index in [2.05, 4.69) is 12.2 Å². The Morgan fingerprint density at radius 3 is 2.69 bits per heavy atom. The molecule has 36 heavy (non-hydrogen) atoms. The predicted octanol–water partition coefficient (Wildman–Crippen LogP) is 7.22. The van der Waals surface area contributed by atoms with Crippen LogP contribution < -0.4 is 5.32 Å². The normalized spacial score (nSPS) is 14.9. The van der Waals surface area contributed by atoms with Crippen molar-refractivity contribution in [3.8, 4) is 11.3 Å². The van der Waals surface area contributed by atoms with Gasteiger partial charge in [-0.05, 0) is 56.2 Å². The first-order valence-corrected chi connectivity index (χ1v) is 13.4. The quantitative estimate of drug-likeness (QED) is 0.285. The molecule has 1 N–H and O–H groups in total. The molecule has 0 saturated heterocycles. The number of amides is 1. The third-order valence-electron chi connectivity index (χ3n) is 6.69. The van der Waals surface area contributed by atoms with Gasteiger partial charge in [0.2, 0.25) is 0 Å². The van der Waals surface area contributed by atoms with Gasteiger partial charge in [-0.2, -0.15) is 0 Å². The van der Waals surface area contributed by atoms with Gasteiger partial charge >= 0.3 is 5.97 Å². The molecule has 0 fully saturated rings.